The fraction of sp³-hybridized carbons (Fsp3) is 0.333. The van der Waals surface area contributed by atoms with E-state index in [0.29, 0.717) is 11.7 Å². The molecule has 2 aromatic heterocycles. The molecule has 1 N–H and O–H groups in total. The van der Waals surface area contributed by atoms with Crippen molar-refractivity contribution in [1.29, 1.82) is 0 Å². The first-order valence-corrected chi connectivity index (χ1v) is 6.79. The molecule has 0 saturated heterocycles. The third-order valence-corrected chi connectivity index (χ3v) is 3.25. The van der Waals surface area contributed by atoms with E-state index in [-0.39, 0.29) is 17.2 Å². The van der Waals surface area contributed by atoms with Crippen molar-refractivity contribution in [3.63, 3.8) is 0 Å². The fourth-order valence-corrected chi connectivity index (χ4v) is 2.20. The number of carbonyl (C=O) groups is 1. The van der Waals surface area contributed by atoms with E-state index in [4.69, 9.17) is 0 Å². The molecule has 2 aromatic rings. The molecular weight excluding hydrogens is 264 g/mol. The summed E-state index contributed by atoms with van der Waals surface area (Å²) in [5, 5.41) is 9.07. The van der Waals surface area contributed by atoms with Crippen molar-refractivity contribution in [2.45, 2.75) is 26.8 Å². The Morgan fingerprint density at radius 1 is 1.47 bits per heavy atom. The number of amides is 1. The number of hydrogen-bond donors (Lipinski definition) is 1. The molecular formula is C12H14N4O2S. The first kappa shape index (κ1) is 13.4. The van der Waals surface area contributed by atoms with Crippen molar-refractivity contribution in [1.82, 2.24) is 14.8 Å². The zero-order chi connectivity index (χ0) is 13.8. The second-order valence-corrected chi connectivity index (χ2v) is 4.89. The summed E-state index contributed by atoms with van der Waals surface area (Å²) in [5.74, 6) is -0.362. The molecule has 100 valence electrons. The van der Waals surface area contributed by atoms with Crippen molar-refractivity contribution in [2.24, 2.45) is 0 Å². The predicted molar refractivity (Wildman–Crippen MR) is 73.6 cm³/mol. The number of carbonyl (C=O) groups excluding carboxylic acids is 1. The molecule has 2 heterocycles. The van der Waals surface area contributed by atoms with Gasteiger partial charge in [0.25, 0.3) is 11.5 Å². The zero-order valence-corrected chi connectivity index (χ0v) is 11.5. The molecule has 0 bridgehead atoms. The Morgan fingerprint density at radius 3 is 2.89 bits per heavy atom. The number of aromatic nitrogens is 3. The normalized spacial score (nSPS) is 10.4. The summed E-state index contributed by atoms with van der Waals surface area (Å²) in [6, 6.07) is 2.77. The minimum atomic E-state index is -0.362. The molecule has 1 amide bonds. The van der Waals surface area contributed by atoms with E-state index in [1.54, 1.807) is 0 Å². The first-order chi connectivity index (χ1) is 9.10. The monoisotopic (exact) mass is 278 g/mol. The van der Waals surface area contributed by atoms with E-state index in [9.17, 15) is 9.59 Å². The van der Waals surface area contributed by atoms with Gasteiger partial charge in [-0.15, -0.1) is 11.3 Å². The van der Waals surface area contributed by atoms with Gasteiger partial charge >= 0.3 is 0 Å². The van der Waals surface area contributed by atoms with Gasteiger partial charge in [0.1, 0.15) is 5.69 Å². The minimum Gasteiger partial charge on any atom is -0.296 e. The van der Waals surface area contributed by atoms with Gasteiger partial charge in [-0.25, -0.2) is 9.67 Å². The molecule has 7 heteroatoms. The Balaban J connectivity index is 2.19. The van der Waals surface area contributed by atoms with Gasteiger partial charge in [-0.3, -0.25) is 14.9 Å². The quantitative estimate of drug-likeness (QED) is 0.923. The second-order valence-electron chi connectivity index (χ2n) is 4.03. The molecule has 0 aliphatic heterocycles. The highest BCUT2D eigenvalue weighted by atomic mass is 32.1. The maximum Gasteiger partial charge on any atom is 0.277 e. The smallest absolute Gasteiger partial charge is 0.277 e. The molecule has 2 rings (SSSR count). The third-order valence-electron chi connectivity index (χ3n) is 2.37. The molecule has 0 radical (unpaired) electrons. The topological polar surface area (TPSA) is 76.9 Å². The van der Waals surface area contributed by atoms with Crippen LogP contribution in [-0.2, 0) is 6.54 Å². The van der Waals surface area contributed by atoms with Crippen LogP contribution in [0.2, 0.25) is 0 Å². The number of thiazole rings is 1. The van der Waals surface area contributed by atoms with Crippen LogP contribution in [0.1, 0.15) is 29.5 Å². The summed E-state index contributed by atoms with van der Waals surface area (Å²) < 4.78 is 1.29. The number of hydrogen-bond acceptors (Lipinski definition) is 5. The largest absolute Gasteiger partial charge is 0.296 e. The standard InChI is InChI=1S/C12H14N4O2S/c1-3-6-16-10(17)5-4-9(15-16)11(18)14-12-13-8(2)7-19-12/h4-5,7H,3,6H2,1-2H3,(H,13,14,18). The van der Waals surface area contributed by atoms with Crippen molar-refractivity contribution in [3.05, 3.63) is 39.3 Å². The van der Waals surface area contributed by atoms with Gasteiger partial charge in [0.2, 0.25) is 0 Å². The Hall–Kier alpha value is -2.02. The summed E-state index contributed by atoms with van der Waals surface area (Å²) in [4.78, 5) is 27.6. The van der Waals surface area contributed by atoms with Crippen molar-refractivity contribution in [2.75, 3.05) is 5.32 Å². The van der Waals surface area contributed by atoms with Crippen LogP contribution in [0.4, 0.5) is 5.13 Å². The molecule has 0 unspecified atom stereocenters. The maximum absolute atomic E-state index is 12.0. The number of nitrogens with zero attached hydrogens (tertiary/aromatic N) is 3. The molecule has 0 aliphatic rings. The summed E-state index contributed by atoms with van der Waals surface area (Å²) in [5.41, 5.74) is 0.855. The highest BCUT2D eigenvalue weighted by Gasteiger charge is 2.11. The van der Waals surface area contributed by atoms with E-state index in [1.807, 2.05) is 19.2 Å². The van der Waals surface area contributed by atoms with E-state index >= 15 is 0 Å². The summed E-state index contributed by atoms with van der Waals surface area (Å²) in [6.45, 7) is 4.29. The maximum atomic E-state index is 12.0. The average molecular weight is 278 g/mol. The molecule has 0 spiro atoms. The predicted octanol–water partition coefficient (Wildman–Crippen LogP) is 1.67. The number of aryl methyl sites for hydroxylation is 2. The number of nitrogens with one attached hydrogen (secondary N) is 1. The summed E-state index contributed by atoms with van der Waals surface area (Å²) >= 11 is 1.35. The average Bonchev–Trinajstić information content (AvgIpc) is 2.77. The Morgan fingerprint density at radius 2 is 2.26 bits per heavy atom. The van der Waals surface area contributed by atoms with Gasteiger partial charge in [0.05, 0.1) is 5.69 Å². The Kier molecular flexibility index (Phi) is 4.06. The van der Waals surface area contributed by atoms with Gasteiger partial charge in [-0.1, -0.05) is 6.92 Å². The van der Waals surface area contributed by atoms with Gasteiger partial charge < -0.3 is 0 Å². The van der Waals surface area contributed by atoms with E-state index < -0.39 is 0 Å². The summed E-state index contributed by atoms with van der Waals surface area (Å²) in [6.07, 6.45) is 0.781. The van der Waals surface area contributed by atoms with Crippen molar-refractivity contribution in [3.8, 4) is 0 Å². The minimum absolute atomic E-state index is 0.205. The van der Waals surface area contributed by atoms with E-state index in [2.05, 4.69) is 15.4 Å². The van der Waals surface area contributed by atoms with Crippen LogP contribution in [0.15, 0.2) is 22.3 Å². The fourth-order valence-electron chi connectivity index (χ4n) is 1.51. The van der Waals surface area contributed by atoms with Gasteiger partial charge in [-0.2, -0.15) is 5.10 Å². The van der Waals surface area contributed by atoms with E-state index in [1.165, 1.54) is 28.2 Å². The lowest BCUT2D eigenvalue weighted by Crippen LogP contribution is -2.26. The molecule has 6 nitrogen and oxygen atoms in total. The van der Waals surface area contributed by atoms with Crippen molar-refractivity contribution >= 4 is 22.4 Å². The SMILES string of the molecule is CCCn1nc(C(=O)Nc2nc(C)cs2)ccc1=O. The molecule has 0 atom stereocenters. The lowest BCUT2D eigenvalue weighted by atomic mass is 10.3. The first-order valence-electron chi connectivity index (χ1n) is 5.92. The van der Waals surface area contributed by atoms with Crippen LogP contribution >= 0.6 is 11.3 Å². The molecule has 0 fully saturated rings. The van der Waals surface area contributed by atoms with Gasteiger partial charge in [-0.05, 0) is 19.4 Å². The zero-order valence-electron chi connectivity index (χ0n) is 10.7. The van der Waals surface area contributed by atoms with Crippen LogP contribution < -0.4 is 10.9 Å². The lowest BCUT2D eigenvalue weighted by molar-refractivity contribution is 0.101. The highest BCUT2D eigenvalue weighted by molar-refractivity contribution is 7.13. The molecule has 0 aliphatic carbocycles. The van der Waals surface area contributed by atoms with Crippen molar-refractivity contribution < 1.29 is 4.79 Å². The van der Waals surface area contributed by atoms with Crippen LogP contribution in [0.25, 0.3) is 0 Å². The second kappa shape index (κ2) is 5.75. The Labute approximate surface area is 114 Å². The lowest BCUT2D eigenvalue weighted by Gasteiger charge is -2.05. The van der Waals surface area contributed by atoms with E-state index in [0.717, 1.165) is 12.1 Å². The molecule has 19 heavy (non-hydrogen) atoms. The number of anilines is 1. The summed E-state index contributed by atoms with van der Waals surface area (Å²) in [7, 11) is 0. The third kappa shape index (κ3) is 3.25. The Bertz CT molecular complexity index is 647. The molecule has 0 saturated carbocycles. The molecule has 0 aromatic carbocycles. The van der Waals surface area contributed by atoms with Crippen LogP contribution in [0, 0.1) is 6.92 Å². The van der Waals surface area contributed by atoms with Gasteiger partial charge in [0.15, 0.2) is 5.13 Å². The van der Waals surface area contributed by atoms with Crippen LogP contribution in [0.5, 0.6) is 0 Å². The highest BCUT2D eigenvalue weighted by Crippen LogP contribution is 2.14. The number of rotatable bonds is 4. The van der Waals surface area contributed by atoms with Crippen LogP contribution in [0.3, 0.4) is 0 Å². The van der Waals surface area contributed by atoms with Crippen LogP contribution in [-0.4, -0.2) is 20.7 Å². The van der Waals surface area contributed by atoms with Gasteiger partial charge in [0, 0.05) is 18.0 Å².